The average Bonchev–Trinajstić information content (AvgIpc) is 2.49. The van der Waals surface area contributed by atoms with Gasteiger partial charge in [-0.05, 0) is 44.1 Å². The standard InChI is InChI=1S/C17H24N2O/c1-2-15-9-12-19(13-10-15)14-17(20)18-11-8-16-6-4-3-5-7-16/h6,9-10,12-13H,2-5,7-8,11,14H2,1H3/p+1. The molecule has 1 aliphatic carbocycles. The number of nitrogens with one attached hydrogen (secondary N) is 1. The lowest BCUT2D eigenvalue weighted by molar-refractivity contribution is -0.684. The predicted molar refractivity (Wildman–Crippen MR) is 80.2 cm³/mol. The van der Waals surface area contributed by atoms with E-state index >= 15 is 0 Å². The molecule has 3 heteroatoms. The number of allylic oxidation sites excluding steroid dienone is 1. The molecule has 0 saturated carbocycles. The summed E-state index contributed by atoms with van der Waals surface area (Å²) in [7, 11) is 0. The molecule has 0 bridgehead atoms. The molecule has 1 heterocycles. The number of carbonyl (C=O) groups excluding carboxylic acids is 1. The first kappa shape index (κ1) is 14.8. The van der Waals surface area contributed by atoms with Crippen LogP contribution in [0.1, 0.15) is 44.6 Å². The molecule has 108 valence electrons. The zero-order chi connectivity index (χ0) is 14.2. The molecule has 0 aliphatic heterocycles. The molecule has 1 aliphatic rings. The fourth-order valence-electron chi connectivity index (χ4n) is 2.55. The summed E-state index contributed by atoms with van der Waals surface area (Å²) in [5, 5.41) is 3.01. The largest absolute Gasteiger partial charge is 0.350 e. The van der Waals surface area contributed by atoms with Crippen molar-refractivity contribution in [2.45, 2.75) is 52.0 Å². The van der Waals surface area contributed by atoms with Crippen LogP contribution < -0.4 is 9.88 Å². The van der Waals surface area contributed by atoms with Gasteiger partial charge in [-0.3, -0.25) is 4.79 Å². The van der Waals surface area contributed by atoms with Crippen molar-refractivity contribution in [3.8, 4) is 0 Å². The summed E-state index contributed by atoms with van der Waals surface area (Å²) in [6.45, 7) is 3.30. The van der Waals surface area contributed by atoms with Gasteiger partial charge in [-0.25, -0.2) is 0 Å². The van der Waals surface area contributed by atoms with Gasteiger partial charge in [0.25, 0.3) is 5.91 Å². The Morgan fingerprint density at radius 2 is 2.10 bits per heavy atom. The van der Waals surface area contributed by atoms with Gasteiger partial charge in [0, 0.05) is 18.7 Å². The molecule has 0 unspecified atom stereocenters. The van der Waals surface area contributed by atoms with Crippen LogP contribution in [0.4, 0.5) is 0 Å². The Kier molecular flexibility index (Phi) is 5.78. The van der Waals surface area contributed by atoms with Crippen LogP contribution >= 0.6 is 0 Å². The minimum atomic E-state index is 0.0932. The third-order valence-corrected chi connectivity index (χ3v) is 3.85. The molecule has 0 fully saturated rings. The van der Waals surface area contributed by atoms with Crippen LogP contribution in [0.25, 0.3) is 0 Å². The maximum atomic E-state index is 11.9. The van der Waals surface area contributed by atoms with E-state index in [1.165, 1.54) is 36.8 Å². The van der Waals surface area contributed by atoms with E-state index in [-0.39, 0.29) is 5.91 Å². The third-order valence-electron chi connectivity index (χ3n) is 3.85. The first-order chi connectivity index (χ1) is 9.78. The van der Waals surface area contributed by atoms with E-state index in [1.807, 2.05) is 17.0 Å². The molecule has 1 amide bonds. The molecular weight excluding hydrogens is 248 g/mol. The Hall–Kier alpha value is -1.64. The van der Waals surface area contributed by atoms with Crippen molar-refractivity contribution in [2.24, 2.45) is 0 Å². The zero-order valence-corrected chi connectivity index (χ0v) is 12.4. The first-order valence-electron chi connectivity index (χ1n) is 7.70. The Balaban J connectivity index is 1.70. The van der Waals surface area contributed by atoms with E-state index in [9.17, 15) is 4.79 Å². The van der Waals surface area contributed by atoms with Crippen molar-refractivity contribution >= 4 is 5.91 Å². The summed E-state index contributed by atoms with van der Waals surface area (Å²) in [5.41, 5.74) is 2.81. The summed E-state index contributed by atoms with van der Waals surface area (Å²) in [4.78, 5) is 11.9. The zero-order valence-electron chi connectivity index (χ0n) is 12.4. The maximum Gasteiger partial charge on any atom is 0.285 e. The number of carbonyl (C=O) groups is 1. The number of pyridine rings is 1. The molecule has 2 rings (SSSR count). The van der Waals surface area contributed by atoms with Gasteiger partial charge in [-0.1, -0.05) is 18.6 Å². The number of aromatic nitrogens is 1. The van der Waals surface area contributed by atoms with Gasteiger partial charge in [0.2, 0.25) is 6.54 Å². The van der Waals surface area contributed by atoms with Crippen molar-refractivity contribution in [3.05, 3.63) is 41.7 Å². The van der Waals surface area contributed by atoms with Crippen LogP contribution in [0.15, 0.2) is 36.2 Å². The van der Waals surface area contributed by atoms with Gasteiger partial charge in [0.15, 0.2) is 12.4 Å². The van der Waals surface area contributed by atoms with E-state index in [2.05, 4.69) is 30.4 Å². The number of aryl methyl sites for hydroxylation is 1. The average molecular weight is 273 g/mol. The highest BCUT2D eigenvalue weighted by atomic mass is 16.1. The summed E-state index contributed by atoms with van der Waals surface area (Å²) in [6.07, 6.45) is 13.4. The molecule has 0 radical (unpaired) electrons. The lowest BCUT2D eigenvalue weighted by Gasteiger charge is -2.12. The highest BCUT2D eigenvalue weighted by Crippen LogP contribution is 2.19. The Morgan fingerprint density at radius 1 is 1.30 bits per heavy atom. The summed E-state index contributed by atoms with van der Waals surface area (Å²) in [6, 6.07) is 4.14. The van der Waals surface area contributed by atoms with Crippen molar-refractivity contribution in [3.63, 3.8) is 0 Å². The second kappa shape index (κ2) is 7.83. The van der Waals surface area contributed by atoms with Gasteiger partial charge in [-0.2, -0.15) is 4.57 Å². The lowest BCUT2D eigenvalue weighted by atomic mass is 9.97. The summed E-state index contributed by atoms with van der Waals surface area (Å²) < 4.78 is 1.92. The molecule has 0 atom stereocenters. The first-order valence-corrected chi connectivity index (χ1v) is 7.70. The third kappa shape index (κ3) is 4.80. The van der Waals surface area contributed by atoms with E-state index in [4.69, 9.17) is 0 Å². The fraction of sp³-hybridized carbons (Fsp3) is 0.529. The summed E-state index contributed by atoms with van der Waals surface area (Å²) in [5.74, 6) is 0.0932. The summed E-state index contributed by atoms with van der Waals surface area (Å²) >= 11 is 0. The monoisotopic (exact) mass is 273 g/mol. The fourth-order valence-corrected chi connectivity index (χ4v) is 2.55. The van der Waals surface area contributed by atoms with Gasteiger partial charge in [0.05, 0.1) is 0 Å². The van der Waals surface area contributed by atoms with Crippen molar-refractivity contribution in [1.82, 2.24) is 5.32 Å². The van der Waals surface area contributed by atoms with Crippen LogP contribution in [0.5, 0.6) is 0 Å². The SMILES string of the molecule is CCc1cc[n+](CC(=O)NCCC2=CCCCC2)cc1. The number of amides is 1. The van der Waals surface area contributed by atoms with Crippen molar-refractivity contribution < 1.29 is 9.36 Å². The van der Waals surface area contributed by atoms with Gasteiger partial charge in [-0.15, -0.1) is 0 Å². The molecule has 0 spiro atoms. The highest BCUT2D eigenvalue weighted by molar-refractivity contribution is 5.74. The van der Waals surface area contributed by atoms with E-state index in [1.54, 1.807) is 0 Å². The normalized spacial score (nSPS) is 14.8. The Bertz CT molecular complexity index is 462. The Labute approximate surface area is 121 Å². The molecule has 1 aromatic heterocycles. The number of rotatable bonds is 6. The molecule has 3 nitrogen and oxygen atoms in total. The van der Waals surface area contributed by atoms with Crippen LogP contribution in [-0.4, -0.2) is 12.5 Å². The minimum Gasteiger partial charge on any atom is -0.350 e. The topological polar surface area (TPSA) is 33.0 Å². The van der Waals surface area contributed by atoms with Crippen LogP contribution in [0, 0.1) is 0 Å². The molecular formula is C17H25N2O+. The highest BCUT2D eigenvalue weighted by Gasteiger charge is 2.09. The number of nitrogens with zero attached hydrogens (tertiary/aromatic N) is 1. The van der Waals surface area contributed by atoms with Crippen LogP contribution in [0.2, 0.25) is 0 Å². The molecule has 1 N–H and O–H groups in total. The number of hydrogen-bond acceptors (Lipinski definition) is 1. The maximum absolute atomic E-state index is 11.9. The lowest BCUT2D eigenvalue weighted by Crippen LogP contribution is -2.42. The van der Waals surface area contributed by atoms with E-state index in [0.717, 1.165) is 19.4 Å². The van der Waals surface area contributed by atoms with E-state index < -0.39 is 0 Å². The molecule has 0 aromatic carbocycles. The molecule has 20 heavy (non-hydrogen) atoms. The molecule has 1 aromatic rings. The van der Waals surface area contributed by atoms with Crippen molar-refractivity contribution in [1.29, 1.82) is 0 Å². The predicted octanol–water partition coefficient (Wildman–Crippen LogP) is 2.54. The van der Waals surface area contributed by atoms with Crippen LogP contribution in [-0.2, 0) is 17.8 Å². The van der Waals surface area contributed by atoms with E-state index in [0.29, 0.717) is 6.54 Å². The second-order valence-corrected chi connectivity index (χ2v) is 5.44. The quantitative estimate of drug-likeness (QED) is 0.627. The number of hydrogen-bond donors (Lipinski definition) is 1. The molecule has 0 saturated heterocycles. The van der Waals surface area contributed by atoms with Crippen LogP contribution in [0.3, 0.4) is 0 Å². The Morgan fingerprint density at radius 3 is 2.75 bits per heavy atom. The smallest absolute Gasteiger partial charge is 0.285 e. The van der Waals surface area contributed by atoms with Gasteiger partial charge >= 0.3 is 0 Å². The van der Waals surface area contributed by atoms with Gasteiger partial charge in [0.1, 0.15) is 0 Å². The second-order valence-electron chi connectivity index (χ2n) is 5.44. The van der Waals surface area contributed by atoms with Gasteiger partial charge < -0.3 is 5.32 Å². The van der Waals surface area contributed by atoms with Crippen molar-refractivity contribution in [2.75, 3.05) is 6.54 Å². The minimum absolute atomic E-state index is 0.0932.